The highest BCUT2D eigenvalue weighted by molar-refractivity contribution is 6.44. The molecule has 2 amide bonds. The molecule has 9 nitrogen and oxygen atoms in total. The molecule has 3 aromatic rings. The molecule has 0 fully saturated rings. The second kappa shape index (κ2) is 9.46. The topological polar surface area (TPSA) is 107 Å². The Morgan fingerprint density at radius 2 is 2.09 bits per heavy atom. The van der Waals surface area contributed by atoms with Crippen LogP contribution in [-0.2, 0) is 9.59 Å². The van der Waals surface area contributed by atoms with Crippen LogP contribution in [0.2, 0.25) is 10.0 Å². The van der Waals surface area contributed by atoms with Crippen molar-refractivity contribution in [3.63, 3.8) is 0 Å². The van der Waals surface area contributed by atoms with E-state index < -0.39 is 5.91 Å². The first-order valence-electron chi connectivity index (χ1n) is 9.79. The lowest BCUT2D eigenvalue weighted by atomic mass is 10.0. The van der Waals surface area contributed by atoms with Crippen molar-refractivity contribution in [2.24, 2.45) is 0 Å². The summed E-state index contributed by atoms with van der Waals surface area (Å²) in [6.07, 6.45) is 1.60. The van der Waals surface area contributed by atoms with E-state index in [1.165, 1.54) is 6.33 Å². The third-order valence-corrected chi connectivity index (χ3v) is 5.55. The lowest BCUT2D eigenvalue weighted by Gasteiger charge is -2.24. The number of benzene rings is 2. The Hall–Kier alpha value is -3.30. The summed E-state index contributed by atoms with van der Waals surface area (Å²) in [5, 5.41) is 10.1. The first kappa shape index (κ1) is 21.9. The Bertz CT molecular complexity index is 1170. The van der Waals surface area contributed by atoms with Gasteiger partial charge in [-0.05, 0) is 36.8 Å². The van der Waals surface area contributed by atoms with Crippen molar-refractivity contribution in [1.29, 1.82) is 0 Å². The molecule has 1 aromatic heterocycles. The number of nitrogens with one attached hydrogen (secondary N) is 2. The minimum Gasteiger partial charge on any atom is -0.490 e. The van der Waals surface area contributed by atoms with Crippen molar-refractivity contribution in [1.82, 2.24) is 14.8 Å². The third-order valence-electron chi connectivity index (χ3n) is 4.74. The van der Waals surface area contributed by atoms with Crippen molar-refractivity contribution in [3.05, 3.63) is 58.3 Å². The molecule has 0 unspecified atom stereocenters. The predicted octanol–water partition coefficient (Wildman–Crippen LogP) is 3.93. The number of halogens is 2. The van der Waals surface area contributed by atoms with Crippen LogP contribution in [0.5, 0.6) is 11.5 Å². The molecule has 0 aliphatic carbocycles. The summed E-state index contributed by atoms with van der Waals surface area (Å²) in [5.41, 5.74) is 1.20. The number of hydrogen-bond acceptors (Lipinski definition) is 6. The normalized spacial score (nSPS) is 15.0. The second-order valence-electron chi connectivity index (χ2n) is 6.87. The second-order valence-corrected chi connectivity index (χ2v) is 7.66. The lowest BCUT2D eigenvalue weighted by molar-refractivity contribution is -0.118. The minimum atomic E-state index is -0.406. The van der Waals surface area contributed by atoms with Crippen LogP contribution >= 0.6 is 23.2 Å². The van der Waals surface area contributed by atoms with Crippen molar-refractivity contribution < 1.29 is 19.1 Å². The van der Waals surface area contributed by atoms with Crippen LogP contribution in [0.3, 0.4) is 0 Å². The minimum absolute atomic E-state index is 0.148. The molecule has 4 rings (SSSR count). The number of anilines is 2. The zero-order valence-corrected chi connectivity index (χ0v) is 18.5. The van der Waals surface area contributed by atoms with E-state index in [2.05, 4.69) is 20.7 Å². The van der Waals surface area contributed by atoms with Gasteiger partial charge in [0.25, 0.3) is 5.91 Å². The number of hydrogen-bond donors (Lipinski definition) is 2. The van der Waals surface area contributed by atoms with E-state index in [9.17, 15) is 9.59 Å². The number of aromatic nitrogens is 3. The number of carbonyl (C=O) groups is 2. The molecule has 0 saturated heterocycles. The monoisotopic (exact) mass is 475 g/mol. The van der Waals surface area contributed by atoms with Crippen LogP contribution in [0.4, 0.5) is 11.6 Å². The van der Waals surface area contributed by atoms with Gasteiger partial charge in [0.05, 0.1) is 34.8 Å². The number of carbonyl (C=O) groups excluding carboxylic acids is 2. The van der Waals surface area contributed by atoms with Crippen LogP contribution in [-0.4, -0.2) is 39.8 Å². The molecule has 1 atom stereocenters. The number of nitrogens with zero attached hydrogens (tertiary/aromatic N) is 3. The molecule has 0 saturated carbocycles. The van der Waals surface area contributed by atoms with Gasteiger partial charge >= 0.3 is 0 Å². The van der Waals surface area contributed by atoms with Gasteiger partial charge in [-0.2, -0.15) is 10.1 Å². The van der Waals surface area contributed by atoms with E-state index in [-0.39, 0.29) is 30.0 Å². The summed E-state index contributed by atoms with van der Waals surface area (Å²) in [7, 11) is 0. The summed E-state index contributed by atoms with van der Waals surface area (Å²) in [6, 6.07) is 9.90. The summed E-state index contributed by atoms with van der Waals surface area (Å²) in [4.78, 5) is 28.4. The molecule has 11 heteroatoms. The maximum absolute atomic E-state index is 12.3. The Morgan fingerprint density at radius 3 is 2.91 bits per heavy atom. The summed E-state index contributed by atoms with van der Waals surface area (Å²) >= 11 is 12.1. The van der Waals surface area contributed by atoms with Crippen molar-refractivity contribution in [2.45, 2.75) is 19.4 Å². The van der Waals surface area contributed by atoms with Crippen LogP contribution < -0.4 is 20.1 Å². The van der Waals surface area contributed by atoms with Gasteiger partial charge in [0.15, 0.2) is 18.1 Å². The smallest absolute Gasteiger partial charge is 0.262 e. The van der Waals surface area contributed by atoms with Gasteiger partial charge in [-0.3, -0.25) is 14.9 Å². The largest absolute Gasteiger partial charge is 0.490 e. The fourth-order valence-electron chi connectivity index (χ4n) is 3.31. The average Bonchev–Trinajstić information content (AvgIpc) is 3.24. The van der Waals surface area contributed by atoms with Gasteiger partial charge in [-0.1, -0.05) is 35.3 Å². The molecule has 1 aliphatic heterocycles. The van der Waals surface area contributed by atoms with Crippen molar-refractivity contribution in [2.75, 3.05) is 23.8 Å². The Kier molecular flexibility index (Phi) is 6.48. The van der Waals surface area contributed by atoms with Gasteiger partial charge < -0.3 is 14.8 Å². The van der Waals surface area contributed by atoms with Crippen molar-refractivity contribution >= 4 is 46.7 Å². The molecule has 2 heterocycles. The maximum Gasteiger partial charge on any atom is 0.262 e. The fourth-order valence-corrected chi connectivity index (χ4v) is 3.66. The zero-order chi connectivity index (χ0) is 22.7. The van der Waals surface area contributed by atoms with Crippen LogP contribution in [0, 0.1) is 0 Å². The van der Waals surface area contributed by atoms with Crippen LogP contribution in [0.1, 0.15) is 24.9 Å². The highest BCUT2D eigenvalue weighted by Crippen LogP contribution is 2.35. The van der Waals surface area contributed by atoms with E-state index >= 15 is 0 Å². The third kappa shape index (κ3) is 4.63. The van der Waals surface area contributed by atoms with Crippen molar-refractivity contribution in [3.8, 4) is 11.5 Å². The molecule has 0 spiro atoms. The highest BCUT2D eigenvalue weighted by atomic mass is 35.5. The molecule has 0 bridgehead atoms. The molecular weight excluding hydrogens is 457 g/mol. The molecule has 0 radical (unpaired) electrons. The maximum atomic E-state index is 12.3. The molecular formula is C21H19Cl2N5O4. The van der Waals surface area contributed by atoms with Gasteiger partial charge in [0.1, 0.15) is 6.33 Å². The van der Waals surface area contributed by atoms with E-state index in [1.54, 1.807) is 41.1 Å². The highest BCUT2D eigenvalue weighted by Gasteiger charge is 2.28. The van der Waals surface area contributed by atoms with E-state index in [0.717, 1.165) is 5.56 Å². The number of fused-ring (bicyclic) bond motifs is 1. The first-order chi connectivity index (χ1) is 15.5. The van der Waals surface area contributed by atoms with Gasteiger partial charge in [0, 0.05) is 0 Å². The molecule has 2 aromatic carbocycles. The Balaban J connectivity index is 1.50. The molecule has 1 aliphatic rings. The Labute approximate surface area is 193 Å². The van der Waals surface area contributed by atoms with E-state index in [4.69, 9.17) is 32.7 Å². The molecule has 166 valence electrons. The quantitative estimate of drug-likeness (QED) is 0.535. The summed E-state index contributed by atoms with van der Waals surface area (Å²) in [5.74, 6) is 0.677. The van der Waals surface area contributed by atoms with Gasteiger partial charge in [0.2, 0.25) is 11.9 Å². The number of amides is 2. The number of rotatable bonds is 7. The lowest BCUT2D eigenvalue weighted by Crippen LogP contribution is -2.29. The first-order valence-corrected chi connectivity index (χ1v) is 10.5. The SMILES string of the molecule is CCOc1cc([C@H]2CC(=O)Nc3ncnn32)ccc1OCC(=O)Nc1cccc(Cl)c1Cl. The summed E-state index contributed by atoms with van der Waals surface area (Å²) in [6.45, 7) is 1.97. The molecule has 32 heavy (non-hydrogen) atoms. The Morgan fingerprint density at radius 1 is 1.25 bits per heavy atom. The van der Waals surface area contributed by atoms with Gasteiger partial charge in [-0.15, -0.1) is 0 Å². The predicted molar refractivity (Wildman–Crippen MR) is 120 cm³/mol. The van der Waals surface area contributed by atoms with E-state index in [1.807, 2.05) is 6.92 Å². The molecule has 2 N–H and O–H groups in total. The summed E-state index contributed by atoms with van der Waals surface area (Å²) < 4.78 is 13.0. The standard InChI is InChI=1S/C21H19Cl2N5O4/c1-2-31-17-8-12(15-9-18(29)27-21-24-11-25-28(15)21)6-7-16(17)32-10-19(30)26-14-5-3-4-13(22)20(14)23/h3-8,11,15H,2,9-10H2,1H3,(H,26,30)(H,24,25,27,29)/t15-/m1/s1. The zero-order valence-electron chi connectivity index (χ0n) is 17.0. The van der Waals surface area contributed by atoms with E-state index in [0.29, 0.717) is 34.8 Å². The average molecular weight is 476 g/mol. The van der Waals surface area contributed by atoms with Crippen LogP contribution in [0.25, 0.3) is 0 Å². The number of ether oxygens (including phenoxy) is 2. The van der Waals surface area contributed by atoms with Gasteiger partial charge in [-0.25, -0.2) is 4.68 Å². The fraction of sp³-hybridized carbons (Fsp3) is 0.238. The van der Waals surface area contributed by atoms with Crippen LogP contribution in [0.15, 0.2) is 42.7 Å².